The lowest BCUT2D eigenvalue weighted by Gasteiger charge is -2.37. The van der Waals surface area contributed by atoms with Crippen molar-refractivity contribution in [2.24, 2.45) is 0 Å². The molecular formula is C23H28N4O2S. The highest BCUT2D eigenvalue weighted by atomic mass is 32.1. The van der Waals surface area contributed by atoms with Crippen LogP contribution >= 0.6 is 11.3 Å². The largest absolute Gasteiger partial charge is 0.497 e. The van der Waals surface area contributed by atoms with Crippen LogP contribution in [0.25, 0.3) is 10.2 Å². The van der Waals surface area contributed by atoms with Crippen LogP contribution in [0.4, 0.5) is 5.69 Å². The number of aromatic nitrogens is 1. The van der Waals surface area contributed by atoms with Gasteiger partial charge in [-0.05, 0) is 50.4 Å². The van der Waals surface area contributed by atoms with Crippen molar-refractivity contribution in [2.75, 3.05) is 51.8 Å². The minimum absolute atomic E-state index is 0.104. The first kappa shape index (κ1) is 20.6. The van der Waals surface area contributed by atoms with Gasteiger partial charge in [0.1, 0.15) is 10.8 Å². The maximum atomic E-state index is 12.9. The number of likely N-dealkylation sites (N-methyl/N-ethyl adjacent to an activating group) is 1. The van der Waals surface area contributed by atoms with Crippen LogP contribution in [-0.2, 0) is 4.79 Å². The van der Waals surface area contributed by atoms with E-state index in [-0.39, 0.29) is 11.9 Å². The number of para-hydroxylation sites is 1. The van der Waals surface area contributed by atoms with Gasteiger partial charge in [0.15, 0.2) is 0 Å². The van der Waals surface area contributed by atoms with Crippen LogP contribution < -0.4 is 9.64 Å². The molecule has 158 valence electrons. The van der Waals surface area contributed by atoms with Gasteiger partial charge in [0.2, 0.25) is 5.91 Å². The first-order valence-electron chi connectivity index (χ1n) is 10.3. The molecule has 1 aromatic heterocycles. The van der Waals surface area contributed by atoms with Gasteiger partial charge in [0, 0.05) is 31.9 Å². The van der Waals surface area contributed by atoms with Crippen LogP contribution in [0, 0.1) is 0 Å². The van der Waals surface area contributed by atoms with Gasteiger partial charge in [0.05, 0.1) is 29.9 Å². The van der Waals surface area contributed by atoms with E-state index in [0.29, 0.717) is 6.54 Å². The number of ether oxygens (including phenoxy) is 1. The first-order valence-corrected chi connectivity index (χ1v) is 11.1. The van der Waals surface area contributed by atoms with E-state index in [9.17, 15) is 4.79 Å². The van der Waals surface area contributed by atoms with Crippen molar-refractivity contribution < 1.29 is 9.53 Å². The van der Waals surface area contributed by atoms with E-state index in [0.717, 1.165) is 42.5 Å². The number of amides is 1. The third-order valence-electron chi connectivity index (χ3n) is 5.78. The number of benzene rings is 2. The molecule has 0 N–H and O–H groups in total. The summed E-state index contributed by atoms with van der Waals surface area (Å²) >= 11 is 1.70. The van der Waals surface area contributed by atoms with Gasteiger partial charge < -0.3 is 14.5 Å². The van der Waals surface area contributed by atoms with Crippen molar-refractivity contribution >= 4 is 33.1 Å². The summed E-state index contributed by atoms with van der Waals surface area (Å²) in [4.78, 5) is 24.0. The maximum Gasteiger partial charge on any atom is 0.236 e. The van der Waals surface area contributed by atoms with E-state index in [1.807, 2.05) is 42.3 Å². The molecule has 7 heteroatoms. The van der Waals surface area contributed by atoms with Gasteiger partial charge in [-0.25, -0.2) is 4.98 Å². The van der Waals surface area contributed by atoms with E-state index in [4.69, 9.17) is 9.72 Å². The number of fused-ring (bicyclic) bond motifs is 1. The molecule has 1 amide bonds. The Morgan fingerprint density at radius 1 is 1.13 bits per heavy atom. The van der Waals surface area contributed by atoms with Gasteiger partial charge in [-0.3, -0.25) is 9.69 Å². The number of nitrogens with zero attached hydrogens (tertiary/aromatic N) is 4. The smallest absolute Gasteiger partial charge is 0.236 e. The number of hydrogen-bond donors (Lipinski definition) is 0. The summed E-state index contributed by atoms with van der Waals surface area (Å²) in [6.45, 7) is 5.69. The molecular weight excluding hydrogens is 396 g/mol. The summed E-state index contributed by atoms with van der Waals surface area (Å²) in [7, 11) is 3.68. The monoisotopic (exact) mass is 424 g/mol. The maximum absolute atomic E-state index is 12.9. The molecule has 1 atom stereocenters. The fourth-order valence-corrected chi connectivity index (χ4v) is 4.80. The van der Waals surface area contributed by atoms with Crippen molar-refractivity contribution in [1.82, 2.24) is 14.8 Å². The SMILES string of the molecule is COc1ccc(N2CCN(C(=O)CN(C)[C@@H](C)c3nc4ccccc4s3)CC2)cc1. The number of piperazine rings is 1. The number of thiazole rings is 1. The number of hydrogen-bond acceptors (Lipinski definition) is 6. The summed E-state index contributed by atoms with van der Waals surface area (Å²) in [5, 5.41) is 1.05. The Morgan fingerprint density at radius 3 is 2.50 bits per heavy atom. The number of anilines is 1. The van der Waals surface area contributed by atoms with Crippen molar-refractivity contribution in [3.63, 3.8) is 0 Å². The van der Waals surface area contributed by atoms with Gasteiger partial charge >= 0.3 is 0 Å². The zero-order valence-corrected chi connectivity index (χ0v) is 18.6. The minimum atomic E-state index is 0.104. The average Bonchev–Trinajstić information content (AvgIpc) is 3.23. The molecule has 0 radical (unpaired) electrons. The Kier molecular flexibility index (Phi) is 6.20. The summed E-state index contributed by atoms with van der Waals surface area (Å²) in [5.41, 5.74) is 2.20. The molecule has 2 heterocycles. The molecule has 1 aliphatic rings. The van der Waals surface area contributed by atoms with Gasteiger partial charge in [-0.15, -0.1) is 11.3 Å². The molecule has 3 aromatic rings. The molecule has 0 aliphatic carbocycles. The second-order valence-electron chi connectivity index (χ2n) is 7.68. The van der Waals surface area contributed by atoms with Gasteiger partial charge in [-0.2, -0.15) is 0 Å². The molecule has 2 aromatic carbocycles. The standard InChI is InChI=1S/C23H28N4O2S/c1-17(23-24-20-6-4-5-7-21(20)30-23)25(2)16-22(28)27-14-12-26(13-15-27)18-8-10-19(29-3)11-9-18/h4-11,17H,12-16H2,1-3H3/t17-/m0/s1. The third kappa shape index (κ3) is 4.42. The third-order valence-corrected chi connectivity index (χ3v) is 6.99. The quantitative estimate of drug-likeness (QED) is 0.605. The van der Waals surface area contributed by atoms with Crippen LogP contribution in [0.2, 0.25) is 0 Å². The molecule has 0 bridgehead atoms. The Hall–Kier alpha value is -2.64. The van der Waals surface area contributed by atoms with E-state index in [1.54, 1.807) is 18.4 Å². The summed E-state index contributed by atoms with van der Waals surface area (Å²) in [5.74, 6) is 1.04. The molecule has 0 saturated carbocycles. The lowest BCUT2D eigenvalue weighted by Crippen LogP contribution is -2.51. The van der Waals surface area contributed by atoms with Crippen LogP contribution in [0.15, 0.2) is 48.5 Å². The van der Waals surface area contributed by atoms with E-state index >= 15 is 0 Å². The topological polar surface area (TPSA) is 48.9 Å². The second kappa shape index (κ2) is 9.02. The van der Waals surface area contributed by atoms with Crippen LogP contribution in [0.5, 0.6) is 5.75 Å². The summed E-state index contributed by atoms with van der Waals surface area (Å²) in [6.07, 6.45) is 0. The van der Waals surface area contributed by atoms with Gasteiger partial charge in [-0.1, -0.05) is 12.1 Å². The Labute approximate surface area is 181 Å². The van der Waals surface area contributed by atoms with E-state index < -0.39 is 0 Å². The highest BCUT2D eigenvalue weighted by molar-refractivity contribution is 7.18. The average molecular weight is 425 g/mol. The van der Waals surface area contributed by atoms with E-state index in [1.165, 1.54) is 10.4 Å². The van der Waals surface area contributed by atoms with E-state index in [2.05, 4.69) is 34.9 Å². The fraction of sp³-hybridized carbons (Fsp3) is 0.391. The van der Waals surface area contributed by atoms with Crippen molar-refractivity contribution in [3.05, 3.63) is 53.5 Å². The molecule has 0 unspecified atom stereocenters. The normalized spacial score (nSPS) is 15.6. The van der Waals surface area contributed by atoms with Gasteiger partial charge in [0.25, 0.3) is 0 Å². The lowest BCUT2D eigenvalue weighted by atomic mass is 10.2. The number of methoxy groups -OCH3 is 1. The molecule has 1 aliphatic heterocycles. The molecule has 1 saturated heterocycles. The number of carbonyl (C=O) groups is 1. The fourth-order valence-electron chi connectivity index (χ4n) is 3.71. The van der Waals surface area contributed by atoms with Crippen LogP contribution in [0.1, 0.15) is 18.0 Å². The second-order valence-corrected chi connectivity index (χ2v) is 8.74. The highest BCUT2D eigenvalue weighted by Crippen LogP contribution is 2.28. The summed E-state index contributed by atoms with van der Waals surface area (Å²) < 4.78 is 6.42. The number of rotatable bonds is 6. The lowest BCUT2D eigenvalue weighted by molar-refractivity contribution is -0.132. The summed E-state index contributed by atoms with van der Waals surface area (Å²) in [6, 6.07) is 16.4. The van der Waals surface area contributed by atoms with Crippen molar-refractivity contribution in [1.29, 1.82) is 0 Å². The predicted octanol–water partition coefficient (Wildman–Crippen LogP) is 3.65. The van der Waals surface area contributed by atoms with Crippen LogP contribution in [-0.4, -0.2) is 67.6 Å². The Bertz CT molecular complexity index is 963. The molecule has 0 spiro atoms. The zero-order valence-electron chi connectivity index (χ0n) is 17.7. The van der Waals surface area contributed by atoms with Crippen molar-refractivity contribution in [3.8, 4) is 5.75 Å². The predicted molar refractivity (Wildman–Crippen MR) is 122 cm³/mol. The molecule has 1 fully saturated rings. The minimum Gasteiger partial charge on any atom is -0.497 e. The first-order chi connectivity index (χ1) is 14.5. The Morgan fingerprint density at radius 2 is 1.83 bits per heavy atom. The number of carbonyl (C=O) groups excluding carboxylic acids is 1. The van der Waals surface area contributed by atoms with Crippen LogP contribution in [0.3, 0.4) is 0 Å². The molecule has 4 rings (SSSR count). The molecule has 6 nitrogen and oxygen atoms in total. The zero-order chi connectivity index (χ0) is 21.1. The Balaban J connectivity index is 1.31. The molecule has 30 heavy (non-hydrogen) atoms. The van der Waals surface area contributed by atoms with Crippen molar-refractivity contribution in [2.45, 2.75) is 13.0 Å². The highest BCUT2D eigenvalue weighted by Gasteiger charge is 2.24.